The van der Waals surface area contributed by atoms with Crippen LogP contribution in [0.5, 0.6) is 0 Å². The Bertz CT molecular complexity index is 441. The van der Waals surface area contributed by atoms with Gasteiger partial charge in [0.2, 0.25) is 5.91 Å². The van der Waals surface area contributed by atoms with Crippen molar-refractivity contribution in [2.24, 2.45) is 5.73 Å². The van der Waals surface area contributed by atoms with Crippen LogP contribution in [0.1, 0.15) is 31.2 Å². The van der Waals surface area contributed by atoms with Crippen molar-refractivity contribution in [3.8, 4) is 0 Å². The molecular weight excluding hydrogens is 219 g/mol. The minimum absolute atomic E-state index is 0.138. The Labute approximate surface area is 100 Å². The van der Waals surface area contributed by atoms with E-state index >= 15 is 0 Å². The Balaban J connectivity index is 2.00. The fourth-order valence-electron chi connectivity index (χ4n) is 2.05. The van der Waals surface area contributed by atoms with Crippen LogP contribution in [-0.4, -0.2) is 11.4 Å². The lowest BCUT2D eigenvalue weighted by atomic mass is 9.75. The van der Waals surface area contributed by atoms with Crippen LogP contribution in [0.15, 0.2) is 18.2 Å². The van der Waals surface area contributed by atoms with Crippen molar-refractivity contribution in [2.45, 2.75) is 38.1 Å². The van der Waals surface area contributed by atoms with E-state index in [9.17, 15) is 9.18 Å². The zero-order valence-electron chi connectivity index (χ0n) is 9.92. The molecule has 0 radical (unpaired) electrons. The van der Waals surface area contributed by atoms with E-state index in [1.54, 1.807) is 6.07 Å². The largest absolute Gasteiger partial charge is 0.326 e. The van der Waals surface area contributed by atoms with Gasteiger partial charge in [-0.25, -0.2) is 4.39 Å². The number of nitrogens with one attached hydrogen (secondary N) is 1. The van der Waals surface area contributed by atoms with Gasteiger partial charge in [0, 0.05) is 17.6 Å². The van der Waals surface area contributed by atoms with E-state index in [0.717, 1.165) is 24.8 Å². The number of halogens is 1. The zero-order chi connectivity index (χ0) is 12.5. The van der Waals surface area contributed by atoms with Crippen molar-refractivity contribution in [2.75, 3.05) is 5.32 Å². The molecular formula is C13H17FN2O. The fraction of sp³-hybridized carbons (Fsp3) is 0.462. The van der Waals surface area contributed by atoms with E-state index in [1.165, 1.54) is 12.1 Å². The van der Waals surface area contributed by atoms with E-state index < -0.39 is 0 Å². The van der Waals surface area contributed by atoms with Gasteiger partial charge in [-0.1, -0.05) is 6.07 Å². The molecule has 1 aromatic carbocycles. The molecule has 92 valence electrons. The molecule has 0 atom stereocenters. The van der Waals surface area contributed by atoms with Gasteiger partial charge in [-0.2, -0.15) is 0 Å². The highest BCUT2D eigenvalue weighted by Crippen LogP contribution is 2.32. The summed E-state index contributed by atoms with van der Waals surface area (Å²) in [4.78, 5) is 11.8. The summed E-state index contributed by atoms with van der Waals surface area (Å²) in [7, 11) is 0. The average molecular weight is 236 g/mol. The fourth-order valence-corrected chi connectivity index (χ4v) is 2.05. The first-order valence-electron chi connectivity index (χ1n) is 5.83. The van der Waals surface area contributed by atoms with E-state index in [0.29, 0.717) is 12.1 Å². The first-order chi connectivity index (χ1) is 7.98. The molecule has 4 heteroatoms. The van der Waals surface area contributed by atoms with Crippen molar-refractivity contribution in [1.29, 1.82) is 0 Å². The lowest BCUT2D eigenvalue weighted by molar-refractivity contribution is -0.118. The minimum Gasteiger partial charge on any atom is -0.326 e. The highest BCUT2D eigenvalue weighted by atomic mass is 19.1. The van der Waals surface area contributed by atoms with Crippen LogP contribution in [0, 0.1) is 12.7 Å². The van der Waals surface area contributed by atoms with E-state index in [4.69, 9.17) is 5.73 Å². The summed E-state index contributed by atoms with van der Waals surface area (Å²) < 4.78 is 13.0. The van der Waals surface area contributed by atoms with Crippen LogP contribution in [0.3, 0.4) is 0 Å². The van der Waals surface area contributed by atoms with Gasteiger partial charge in [0.25, 0.3) is 0 Å². The third-order valence-corrected chi connectivity index (χ3v) is 3.34. The Kier molecular flexibility index (Phi) is 3.15. The Morgan fingerprint density at radius 3 is 2.82 bits per heavy atom. The second-order valence-electron chi connectivity index (χ2n) is 4.90. The van der Waals surface area contributed by atoms with Crippen LogP contribution in [0.2, 0.25) is 0 Å². The highest BCUT2D eigenvalue weighted by molar-refractivity contribution is 5.92. The molecule has 3 nitrogen and oxygen atoms in total. The van der Waals surface area contributed by atoms with Gasteiger partial charge in [-0.05, 0) is 43.9 Å². The van der Waals surface area contributed by atoms with Gasteiger partial charge in [-0.3, -0.25) is 4.79 Å². The summed E-state index contributed by atoms with van der Waals surface area (Å²) in [6, 6.07) is 4.35. The van der Waals surface area contributed by atoms with Gasteiger partial charge in [0.05, 0.1) is 0 Å². The highest BCUT2D eigenvalue weighted by Gasteiger charge is 2.34. The molecule has 0 heterocycles. The molecule has 1 aliphatic carbocycles. The number of carbonyl (C=O) groups excluding carboxylic acids is 1. The Hall–Kier alpha value is -1.42. The molecule has 1 aliphatic rings. The predicted molar refractivity (Wildman–Crippen MR) is 65.2 cm³/mol. The van der Waals surface area contributed by atoms with E-state index in [-0.39, 0.29) is 17.3 Å². The zero-order valence-corrected chi connectivity index (χ0v) is 9.92. The van der Waals surface area contributed by atoms with Gasteiger partial charge < -0.3 is 11.1 Å². The molecule has 0 saturated heterocycles. The van der Waals surface area contributed by atoms with Crippen LogP contribution in [0.4, 0.5) is 10.1 Å². The quantitative estimate of drug-likeness (QED) is 0.846. The maximum Gasteiger partial charge on any atom is 0.226 e. The van der Waals surface area contributed by atoms with Crippen LogP contribution in [0.25, 0.3) is 0 Å². The first kappa shape index (κ1) is 12.0. The number of amides is 1. The Morgan fingerprint density at radius 2 is 2.24 bits per heavy atom. The van der Waals surface area contributed by atoms with Crippen molar-refractivity contribution >= 4 is 11.6 Å². The monoisotopic (exact) mass is 236 g/mol. The average Bonchev–Trinajstić information content (AvgIpc) is 2.21. The minimum atomic E-state index is -0.350. The number of rotatable bonds is 3. The maximum atomic E-state index is 13.0. The third-order valence-electron chi connectivity index (χ3n) is 3.34. The van der Waals surface area contributed by atoms with Crippen LogP contribution >= 0.6 is 0 Å². The van der Waals surface area contributed by atoms with Crippen molar-refractivity contribution in [3.63, 3.8) is 0 Å². The van der Waals surface area contributed by atoms with Crippen molar-refractivity contribution in [3.05, 3.63) is 29.6 Å². The van der Waals surface area contributed by atoms with E-state index in [1.807, 2.05) is 6.92 Å². The molecule has 0 bridgehead atoms. The first-order valence-corrected chi connectivity index (χ1v) is 5.83. The number of benzene rings is 1. The smallest absolute Gasteiger partial charge is 0.226 e. The second kappa shape index (κ2) is 4.45. The number of aryl methyl sites for hydroxylation is 1. The van der Waals surface area contributed by atoms with Crippen LogP contribution < -0.4 is 11.1 Å². The number of hydrogen-bond donors (Lipinski definition) is 2. The molecule has 0 unspecified atom stereocenters. The van der Waals surface area contributed by atoms with Crippen molar-refractivity contribution in [1.82, 2.24) is 0 Å². The van der Waals surface area contributed by atoms with Gasteiger partial charge in [0.1, 0.15) is 5.82 Å². The summed E-state index contributed by atoms with van der Waals surface area (Å²) in [5.41, 5.74) is 7.02. The summed E-state index contributed by atoms with van der Waals surface area (Å²) in [6.07, 6.45) is 3.18. The number of hydrogen-bond acceptors (Lipinski definition) is 2. The molecule has 1 aromatic rings. The van der Waals surface area contributed by atoms with Gasteiger partial charge in [0.15, 0.2) is 0 Å². The molecule has 1 fully saturated rings. The molecule has 0 aliphatic heterocycles. The normalized spacial score (nSPS) is 17.4. The molecule has 1 saturated carbocycles. The van der Waals surface area contributed by atoms with E-state index in [2.05, 4.69) is 5.32 Å². The number of anilines is 1. The summed E-state index contributed by atoms with van der Waals surface area (Å²) in [6.45, 7) is 1.83. The topological polar surface area (TPSA) is 55.1 Å². The molecule has 0 spiro atoms. The lowest BCUT2D eigenvalue weighted by Gasteiger charge is -2.37. The Morgan fingerprint density at radius 1 is 1.53 bits per heavy atom. The summed E-state index contributed by atoms with van der Waals surface area (Å²) in [5.74, 6) is -0.488. The maximum absolute atomic E-state index is 13.0. The van der Waals surface area contributed by atoms with Gasteiger partial charge >= 0.3 is 0 Å². The number of nitrogens with two attached hydrogens (primary N) is 1. The second-order valence-corrected chi connectivity index (χ2v) is 4.90. The SMILES string of the molecule is Cc1ccc(F)cc1NC(=O)CC1(N)CCC1. The standard InChI is InChI=1S/C13H17FN2O/c1-9-3-4-10(14)7-11(9)16-12(17)8-13(15)5-2-6-13/h3-4,7H,2,5-6,8,15H2,1H3,(H,16,17). The number of carbonyl (C=O) groups is 1. The van der Waals surface area contributed by atoms with Crippen molar-refractivity contribution < 1.29 is 9.18 Å². The molecule has 0 aromatic heterocycles. The molecule has 2 rings (SSSR count). The van der Waals surface area contributed by atoms with Gasteiger partial charge in [-0.15, -0.1) is 0 Å². The summed E-state index contributed by atoms with van der Waals surface area (Å²) in [5, 5.41) is 2.72. The van der Waals surface area contributed by atoms with Crippen LogP contribution in [-0.2, 0) is 4.79 Å². The predicted octanol–water partition coefficient (Wildman–Crippen LogP) is 2.34. The molecule has 1 amide bonds. The molecule has 17 heavy (non-hydrogen) atoms. The molecule has 3 N–H and O–H groups in total. The summed E-state index contributed by atoms with van der Waals surface area (Å²) >= 11 is 0. The third kappa shape index (κ3) is 2.82. The lowest BCUT2D eigenvalue weighted by Crippen LogP contribution is -2.48.